The largest absolute Gasteiger partial charge is 0.458 e. The van der Waals surface area contributed by atoms with Gasteiger partial charge in [0.25, 0.3) is 5.91 Å². The summed E-state index contributed by atoms with van der Waals surface area (Å²) in [6.07, 6.45) is 6.04. The lowest BCUT2D eigenvalue weighted by atomic mass is 9.97. The second kappa shape index (κ2) is 15.4. The molecule has 0 aromatic heterocycles. The SMILES string of the molecule is C#CN(C(=O)C(NC(=O)OC(C)(C)C)C(C)C)C(C(=O)NC(Cc1ccccc1)C(=O)OC(C)(C)C)c1ccc(CC)cc1. The summed E-state index contributed by atoms with van der Waals surface area (Å²) >= 11 is 0. The van der Waals surface area contributed by atoms with Crippen LogP contribution in [-0.2, 0) is 36.7 Å². The van der Waals surface area contributed by atoms with Crippen molar-refractivity contribution in [2.75, 3.05) is 0 Å². The van der Waals surface area contributed by atoms with Crippen LogP contribution in [0, 0.1) is 18.4 Å². The van der Waals surface area contributed by atoms with Gasteiger partial charge in [-0.05, 0) is 70.6 Å². The maximum atomic E-state index is 14.2. The highest BCUT2D eigenvalue weighted by molar-refractivity contribution is 5.95. The lowest BCUT2D eigenvalue weighted by Gasteiger charge is -2.33. The van der Waals surface area contributed by atoms with Gasteiger partial charge in [-0.15, -0.1) is 0 Å². The number of hydrogen-bond donors (Lipinski definition) is 2. The number of terminal acetylenes is 1. The number of aryl methyl sites for hydroxylation is 1. The van der Waals surface area contributed by atoms with Crippen molar-refractivity contribution in [1.29, 1.82) is 0 Å². The van der Waals surface area contributed by atoms with Gasteiger partial charge in [-0.3, -0.25) is 14.5 Å². The number of carbonyl (C=O) groups is 4. The smallest absolute Gasteiger partial charge is 0.408 e. The van der Waals surface area contributed by atoms with Gasteiger partial charge in [-0.2, -0.15) is 0 Å². The molecule has 0 fully saturated rings. The Morgan fingerprint density at radius 1 is 0.841 bits per heavy atom. The summed E-state index contributed by atoms with van der Waals surface area (Å²) in [5.41, 5.74) is 0.672. The normalized spacial score (nSPS) is 13.6. The van der Waals surface area contributed by atoms with E-state index >= 15 is 0 Å². The van der Waals surface area contributed by atoms with Crippen molar-refractivity contribution in [2.45, 2.75) is 104 Å². The summed E-state index contributed by atoms with van der Waals surface area (Å²) in [4.78, 5) is 55.1. The number of benzene rings is 2. The van der Waals surface area contributed by atoms with Crippen LogP contribution >= 0.6 is 0 Å². The Balaban J connectivity index is 2.54. The maximum Gasteiger partial charge on any atom is 0.408 e. The Kier molecular flexibility index (Phi) is 12.6. The maximum absolute atomic E-state index is 14.2. The first-order valence-corrected chi connectivity index (χ1v) is 14.9. The van der Waals surface area contributed by atoms with Crippen molar-refractivity contribution >= 4 is 23.9 Å². The predicted molar refractivity (Wildman–Crippen MR) is 170 cm³/mol. The van der Waals surface area contributed by atoms with Crippen molar-refractivity contribution in [1.82, 2.24) is 15.5 Å². The molecule has 0 heterocycles. The molecular formula is C35H47N3O6. The van der Waals surface area contributed by atoms with Crippen molar-refractivity contribution < 1.29 is 28.7 Å². The van der Waals surface area contributed by atoms with E-state index in [4.69, 9.17) is 15.9 Å². The molecule has 238 valence electrons. The molecule has 3 amide bonds. The highest BCUT2D eigenvalue weighted by atomic mass is 16.6. The lowest BCUT2D eigenvalue weighted by molar-refractivity contribution is -0.159. The number of nitrogens with zero attached hydrogens (tertiary/aromatic N) is 1. The molecule has 0 bridgehead atoms. The van der Waals surface area contributed by atoms with Crippen molar-refractivity contribution in [2.24, 2.45) is 5.92 Å². The zero-order valence-corrected chi connectivity index (χ0v) is 27.4. The number of alkyl carbamates (subject to hydrolysis) is 1. The number of nitrogens with one attached hydrogen (secondary N) is 2. The fourth-order valence-corrected chi connectivity index (χ4v) is 4.38. The third-order valence-corrected chi connectivity index (χ3v) is 6.48. The third-order valence-electron chi connectivity index (χ3n) is 6.48. The summed E-state index contributed by atoms with van der Waals surface area (Å²) in [5.74, 6) is -2.37. The Morgan fingerprint density at radius 3 is 1.89 bits per heavy atom. The van der Waals surface area contributed by atoms with Gasteiger partial charge in [0.2, 0.25) is 5.91 Å². The fraction of sp³-hybridized carbons (Fsp3) is 0.486. The number of amides is 3. The van der Waals surface area contributed by atoms with Gasteiger partial charge in [0.15, 0.2) is 0 Å². The molecule has 0 spiro atoms. The molecule has 3 unspecified atom stereocenters. The van der Waals surface area contributed by atoms with Crippen LogP contribution in [0.5, 0.6) is 0 Å². The fourth-order valence-electron chi connectivity index (χ4n) is 4.38. The molecule has 9 heteroatoms. The topological polar surface area (TPSA) is 114 Å². The minimum Gasteiger partial charge on any atom is -0.458 e. The highest BCUT2D eigenvalue weighted by Gasteiger charge is 2.39. The molecular weight excluding hydrogens is 558 g/mol. The molecule has 0 saturated carbocycles. The van der Waals surface area contributed by atoms with Crippen molar-refractivity contribution in [3.63, 3.8) is 0 Å². The quantitative estimate of drug-likeness (QED) is 0.203. The van der Waals surface area contributed by atoms with E-state index in [0.29, 0.717) is 5.56 Å². The van der Waals surface area contributed by atoms with Crippen LogP contribution < -0.4 is 10.6 Å². The van der Waals surface area contributed by atoms with Crippen LogP contribution in [0.4, 0.5) is 4.79 Å². The second-order valence-electron chi connectivity index (χ2n) is 13.0. The molecule has 3 atom stereocenters. The number of esters is 1. The zero-order valence-electron chi connectivity index (χ0n) is 27.4. The van der Waals surface area contributed by atoms with E-state index in [9.17, 15) is 19.2 Å². The third kappa shape index (κ3) is 11.1. The van der Waals surface area contributed by atoms with Crippen LogP contribution in [0.15, 0.2) is 54.6 Å². The summed E-state index contributed by atoms with van der Waals surface area (Å²) in [7, 11) is 0. The average molecular weight is 606 g/mol. The first kappa shape index (κ1) is 35.9. The van der Waals surface area contributed by atoms with Gasteiger partial charge in [0.1, 0.15) is 29.3 Å². The Morgan fingerprint density at radius 2 is 1.41 bits per heavy atom. The molecule has 0 aliphatic heterocycles. The molecule has 0 aliphatic rings. The number of ether oxygens (including phenoxy) is 2. The summed E-state index contributed by atoms with van der Waals surface area (Å²) in [5, 5.41) is 5.42. The van der Waals surface area contributed by atoms with Crippen LogP contribution in [0.25, 0.3) is 0 Å². The second-order valence-corrected chi connectivity index (χ2v) is 13.0. The van der Waals surface area contributed by atoms with Crippen molar-refractivity contribution in [3.05, 3.63) is 71.3 Å². The van der Waals surface area contributed by atoms with E-state index in [-0.39, 0.29) is 6.42 Å². The zero-order chi connectivity index (χ0) is 33.2. The van der Waals surface area contributed by atoms with Gasteiger partial charge < -0.3 is 20.1 Å². The minimum absolute atomic E-state index is 0.155. The summed E-state index contributed by atoms with van der Waals surface area (Å²) < 4.78 is 11.0. The van der Waals surface area contributed by atoms with Crippen LogP contribution in [0.1, 0.15) is 85.0 Å². The molecule has 9 nitrogen and oxygen atoms in total. The molecule has 2 N–H and O–H groups in total. The van der Waals surface area contributed by atoms with E-state index in [1.165, 1.54) is 0 Å². The van der Waals surface area contributed by atoms with Gasteiger partial charge in [-0.1, -0.05) is 81.8 Å². The van der Waals surface area contributed by atoms with E-state index in [1.54, 1.807) is 67.5 Å². The molecule has 44 heavy (non-hydrogen) atoms. The average Bonchev–Trinajstić information content (AvgIpc) is 2.92. The molecule has 0 aliphatic carbocycles. The van der Waals surface area contributed by atoms with E-state index in [0.717, 1.165) is 22.4 Å². The van der Waals surface area contributed by atoms with Crippen LogP contribution in [0.3, 0.4) is 0 Å². The van der Waals surface area contributed by atoms with Gasteiger partial charge in [-0.25, -0.2) is 9.59 Å². The molecule has 0 saturated heterocycles. The van der Waals surface area contributed by atoms with E-state index in [2.05, 4.69) is 16.7 Å². The van der Waals surface area contributed by atoms with E-state index < -0.39 is 59.1 Å². The standard InChI is InChI=1S/C35H47N3O6/c1-11-24-18-20-26(21-19-24)29(38(12-2)31(40)28(23(3)4)37-33(42)44-35(8,9)10)30(39)36-27(32(41)43-34(5,6)7)22-25-16-14-13-15-17-25/h2,13-21,23,27-29H,11,22H2,1,3-10H3,(H,36,39)(H,37,42). The Hall–Kier alpha value is -4.32. The number of rotatable bonds is 11. The molecule has 2 aromatic carbocycles. The summed E-state index contributed by atoms with van der Waals surface area (Å²) in [6, 6.07) is 15.3. The van der Waals surface area contributed by atoms with Gasteiger partial charge in [0.05, 0.1) is 0 Å². The van der Waals surface area contributed by atoms with Crippen LogP contribution in [-0.4, -0.2) is 52.1 Å². The van der Waals surface area contributed by atoms with Gasteiger partial charge in [0, 0.05) is 12.5 Å². The number of carbonyl (C=O) groups excluding carboxylic acids is 4. The first-order chi connectivity index (χ1) is 20.5. The number of hydrogen-bond acceptors (Lipinski definition) is 6. The highest BCUT2D eigenvalue weighted by Crippen LogP contribution is 2.25. The Bertz CT molecular complexity index is 1320. The monoisotopic (exact) mass is 605 g/mol. The van der Waals surface area contributed by atoms with Gasteiger partial charge >= 0.3 is 12.1 Å². The molecule has 2 aromatic rings. The van der Waals surface area contributed by atoms with E-state index in [1.807, 2.05) is 49.4 Å². The molecule has 0 radical (unpaired) electrons. The minimum atomic E-state index is -1.32. The molecule has 2 rings (SSSR count). The first-order valence-electron chi connectivity index (χ1n) is 14.9. The van der Waals surface area contributed by atoms with Crippen LogP contribution in [0.2, 0.25) is 0 Å². The predicted octanol–water partition coefficient (Wildman–Crippen LogP) is 5.33. The lowest BCUT2D eigenvalue weighted by Crippen LogP contribution is -2.55. The van der Waals surface area contributed by atoms with Crippen molar-refractivity contribution in [3.8, 4) is 12.5 Å². The summed E-state index contributed by atoms with van der Waals surface area (Å²) in [6.45, 7) is 15.9. The Labute approximate surface area is 262 Å².